The second kappa shape index (κ2) is 6.07. The molecule has 0 heterocycles. The lowest BCUT2D eigenvalue weighted by Gasteiger charge is -2.14. The van der Waals surface area contributed by atoms with Crippen LogP contribution in [-0.2, 0) is 6.42 Å². The van der Waals surface area contributed by atoms with E-state index in [1.54, 1.807) is 18.2 Å². The average molecular weight is 317 g/mol. The number of benzene rings is 3. The predicted octanol–water partition coefficient (Wildman–Crippen LogP) is 5.42. The first kappa shape index (κ1) is 14.4. The molecule has 3 aromatic rings. The maximum absolute atomic E-state index is 10.5. The summed E-state index contributed by atoms with van der Waals surface area (Å²) in [6.07, 6.45) is -0.233. The Kier molecular flexibility index (Phi) is 4.16. The Morgan fingerprint density at radius 1 is 0.810 bits per heavy atom. The quantitative estimate of drug-likeness (QED) is 0.683. The number of hydrogen-bond acceptors (Lipinski definition) is 1. The highest BCUT2D eigenvalue weighted by molar-refractivity contribution is 6.36. The van der Waals surface area contributed by atoms with E-state index in [1.165, 1.54) is 0 Å². The van der Waals surface area contributed by atoms with Gasteiger partial charge in [0.1, 0.15) is 0 Å². The van der Waals surface area contributed by atoms with Crippen molar-refractivity contribution in [1.82, 2.24) is 0 Å². The van der Waals surface area contributed by atoms with Gasteiger partial charge in [-0.25, -0.2) is 0 Å². The van der Waals surface area contributed by atoms with Gasteiger partial charge >= 0.3 is 0 Å². The van der Waals surface area contributed by atoms with E-state index in [9.17, 15) is 5.11 Å². The van der Waals surface area contributed by atoms with Crippen LogP contribution in [0.4, 0.5) is 0 Å². The van der Waals surface area contributed by atoms with Crippen LogP contribution in [0.25, 0.3) is 10.8 Å². The molecule has 0 aliphatic carbocycles. The van der Waals surface area contributed by atoms with Gasteiger partial charge in [-0.3, -0.25) is 0 Å². The van der Waals surface area contributed by atoms with Crippen LogP contribution in [0.3, 0.4) is 0 Å². The number of halogens is 2. The zero-order valence-corrected chi connectivity index (χ0v) is 12.8. The predicted molar refractivity (Wildman–Crippen MR) is 89.1 cm³/mol. The maximum atomic E-state index is 10.5. The zero-order valence-electron chi connectivity index (χ0n) is 11.3. The summed E-state index contributed by atoms with van der Waals surface area (Å²) < 4.78 is 0. The summed E-state index contributed by atoms with van der Waals surface area (Å²) in [7, 11) is 0. The summed E-state index contributed by atoms with van der Waals surface area (Å²) in [6, 6.07) is 19.4. The molecule has 0 radical (unpaired) electrons. The molecule has 0 saturated heterocycles. The lowest BCUT2D eigenvalue weighted by molar-refractivity contribution is 0.178. The molecule has 21 heavy (non-hydrogen) atoms. The molecule has 0 saturated carbocycles. The molecule has 1 atom stereocenters. The molecular weight excluding hydrogens is 303 g/mol. The van der Waals surface area contributed by atoms with E-state index in [0.29, 0.717) is 16.5 Å². The molecule has 0 bridgehead atoms. The third-order valence-electron chi connectivity index (χ3n) is 3.62. The lowest BCUT2D eigenvalue weighted by atomic mass is 9.98. The van der Waals surface area contributed by atoms with Crippen LogP contribution in [0.15, 0.2) is 60.7 Å². The number of rotatable bonds is 3. The number of aliphatic hydroxyl groups is 1. The zero-order chi connectivity index (χ0) is 14.8. The van der Waals surface area contributed by atoms with Crippen LogP contribution >= 0.6 is 23.2 Å². The number of aliphatic hydroxyl groups excluding tert-OH is 1. The molecule has 0 aromatic heterocycles. The second-order valence-electron chi connectivity index (χ2n) is 5.03. The minimum Gasteiger partial charge on any atom is -0.388 e. The summed E-state index contributed by atoms with van der Waals surface area (Å²) in [5.41, 5.74) is 1.64. The van der Waals surface area contributed by atoms with Crippen molar-refractivity contribution >= 4 is 34.0 Å². The van der Waals surface area contributed by atoms with Crippen molar-refractivity contribution in [3.8, 4) is 0 Å². The topological polar surface area (TPSA) is 20.2 Å². The third-order valence-corrected chi connectivity index (χ3v) is 4.33. The normalized spacial score (nSPS) is 12.5. The fourth-order valence-electron chi connectivity index (χ4n) is 2.45. The van der Waals surface area contributed by atoms with Gasteiger partial charge in [0.05, 0.1) is 6.10 Å². The Morgan fingerprint density at radius 3 is 2.19 bits per heavy atom. The van der Waals surface area contributed by atoms with Crippen LogP contribution in [0.5, 0.6) is 0 Å². The Labute approximate surface area is 133 Å². The Morgan fingerprint density at radius 2 is 1.48 bits per heavy atom. The largest absolute Gasteiger partial charge is 0.388 e. The summed E-state index contributed by atoms with van der Waals surface area (Å²) >= 11 is 12.3. The third kappa shape index (κ3) is 3.06. The maximum Gasteiger partial charge on any atom is 0.0831 e. The molecule has 3 aromatic carbocycles. The SMILES string of the molecule is OC(Cc1c(Cl)cccc1Cl)c1ccc2ccccc2c1. The molecule has 0 spiro atoms. The van der Waals surface area contributed by atoms with Gasteiger partial charge in [-0.05, 0) is 40.1 Å². The van der Waals surface area contributed by atoms with Crippen molar-refractivity contribution in [2.24, 2.45) is 0 Å². The summed E-state index contributed by atoms with van der Waals surface area (Å²) in [4.78, 5) is 0. The van der Waals surface area contributed by atoms with Crippen LogP contribution < -0.4 is 0 Å². The van der Waals surface area contributed by atoms with Gasteiger partial charge in [-0.2, -0.15) is 0 Å². The Bertz CT molecular complexity index is 763. The molecule has 0 fully saturated rings. The van der Waals surface area contributed by atoms with E-state index in [1.807, 2.05) is 36.4 Å². The van der Waals surface area contributed by atoms with Crippen molar-refractivity contribution in [3.63, 3.8) is 0 Å². The van der Waals surface area contributed by atoms with E-state index in [2.05, 4.69) is 6.07 Å². The van der Waals surface area contributed by atoms with Gasteiger partial charge in [0.2, 0.25) is 0 Å². The van der Waals surface area contributed by atoms with Crippen molar-refractivity contribution in [2.75, 3.05) is 0 Å². The summed E-state index contributed by atoms with van der Waals surface area (Å²) in [6.45, 7) is 0. The standard InChI is InChI=1S/C18H14Cl2O/c19-16-6-3-7-17(20)15(16)11-18(21)14-9-8-12-4-1-2-5-13(12)10-14/h1-10,18,21H,11H2. The first-order valence-electron chi connectivity index (χ1n) is 6.75. The summed E-state index contributed by atoms with van der Waals surface area (Å²) in [5.74, 6) is 0. The fourth-order valence-corrected chi connectivity index (χ4v) is 3.01. The van der Waals surface area contributed by atoms with E-state index in [4.69, 9.17) is 23.2 Å². The minimum absolute atomic E-state index is 0.400. The van der Waals surface area contributed by atoms with Gasteiger partial charge in [0.15, 0.2) is 0 Å². The van der Waals surface area contributed by atoms with Crippen LogP contribution in [0, 0.1) is 0 Å². The first-order valence-corrected chi connectivity index (χ1v) is 7.50. The highest BCUT2D eigenvalue weighted by Gasteiger charge is 2.14. The van der Waals surface area contributed by atoms with Crippen molar-refractivity contribution in [1.29, 1.82) is 0 Å². The van der Waals surface area contributed by atoms with Gasteiger partial charge in [-0.1, -0.05) is 65.7 Å². The van der Waals surface area contributed by atoms with Crippen LogP contribution in [0.1, 0.15) is 17.2 Å². The van der Waals surface area contributed by atoms with Crippen LogP contribution in [-0.4, -0.2) is 5.11 Å². The van der Waals surface area contributed by atoms with E-state index >= 15 is 0 Å². The molecule has 0 aliphatic heterocycles. The van der Waals surface area contributed by atoms with Gasteiger partial charge in [0.25, 0.3) is 0 Å². The van der Waals surface area contributed by atoms with Crippen molar-refractivity contribution in [3.05, 3.63) is 81.8 Å². The molecule has 1 unspecified atom stereocenters. The molecule has 1 nitrogen and oxygen atoms in total. The monoisotopic (exact) mass is 316 g/mol. The van der Waals surface area contributed by atoms with Crippen molar-refractivity contribution < 1.29 is 5.11 Å². The molecular formula is C18H14Cl2O. The number of hydrogen-bond donors (Lipinski definition) is 1. The van der Waals surface area contributed by atoms with E-state index in [0.717, 1.165) is 21.9 Å². The van der Waals surface area contributed by atoms with Crippen LogP contribution in [0.2, 0.25) is 10.0 Å². The molecule has 0 aliphatic rings. The second-order valence-corrected chi connectivity index (χ2v) is 5.84. The highest BCUT2D eigenvalue weighted by atomic mass is 35.5. The van der Waals surface area contributed by atoms with Gasteiger partial charge in [-0.15, -0.1) is 0 Å². The lowest BCUT2D eigenvalue weighted by Crippen LogP contribution is -2.03. The Balaban J connectivity index is 1.91. The highest BCUT2D eigenvalue weighted by Crippen LogP contribution is 2.30. The van der Waals surface area contributed by atoms with E-state index < -0.39 is 6.10 Å². The minimum atomic E-state index is -0.632. The first-order chi connectivity index (χ1) is 10.1. The molecule has 1 N–H and O–H groups in total. The average Bonchev–Trinajstić information content (AvgIpc) is 2.50. The molecule has 106 valence electrons. The number of fused-ring (bicyclic) bond motifs is 1. The summed E-state index contributed by atoms with van der Waals surface area (Å²) in [5, 5.41) is 13.9. The smallest absolute Gasteiger partial charge is 0.0831 e. The fraction of sp³-hybridized carbons (Fsp3) is 0.111. The van der Waals surface area contributed by atoms with Gasteiger partial charge in [0, 0.05) is 16.5 Å². The Hall–Kier alpha value is -1.54. The molecule has 3 rings (SSSR count). The van der Waals surface area contributed by atoms with E-state index in [-0.39, 0.29) is 0 Å². The molecule has 3 heteroatoms. The molecule has 0 amide bonds. The van der Waals surface area contributed by atoms with Gasteiger partial charge < -0.3 is 5.11 Å². The van der Waals surface area contributed by atoms with Crippen molar-refractivity contribution in [2.45, 2.75) is 12.5 Å².